The fourth-order valence-corrected chi connectivity index (χ4v) is 3.61. The van der Waals surface area contributed by atoms with E-state index >= 15 is 0 Å². The lowest BCUT2D eigenvalue weighted by Crippen LogP contribution is -2.40. The van der Waals surface area contributed by atoms with Crippen LogP contribution in [0.15, 0.2) is 54.6 Å². The smallest absolute Gasteiger partial charge is 0.309 e. The van der Waals surface area contributed by atoms with Gasteiger partial charge in [-0.2, -0.15) is 0 Å². The average Bonchev–Trinajstić information content (AvgIpc) is 2.79. The fraction of sp³-hybridized carbons (Fsp3) is 0.320. The van der Waals surface area contributed by atoms with Gasteiger partial charge in [0.1, 0.15) is 0 Å². The van der Waals surface area contributed by atoms with Crippen LogP contribution in [0.25, 0.3) is 6.08 Å². The highest BCUT2D eigenvalue weighted by Crippen LogP contribution is 2.21. The predicted molar refractivity (Wildman–Crippen MR) is 120 cm³/mol. The summed E-state index contributed by atoms with van der Waals surface area (Å²) < 4.78 is 5.23. The molecule has 0 spiro atoms. The van der Waals surface area contributed by atoms with Crippen molar-refractivity contribution in [2.24, 2.45) is 5.92 Å². The number of nitrogens with one attached hydrogen (secondary N) is 1. The zero-order chi connectivity index (χ0) is 22.2. The summed E-state index contributed by atoms with van der Waals surface area (Å²) in [5, 5.41) is 2.81. The van der Waals surface area contributed by atoms with Gasteiger partial charge in [0.05, 0.1) is 5.92 Å². The molecule has 2 aromatic rings. The Balaban J connectivity index is 1.42. The minimum Gasteiger partial charge on any atom is -0.455 e. The number of hydrogen-bond acceptors (Lipinski definition) is 4. The number of esters is 1. The molecule has 31 heavy (non-hydrogen) atoms. The van der Waals surface area contributed by atoms with E-state index < -0.39 is 0 Å². The van der Waals surface area contributed by atoms with Crippen molar-refractivity contribution in [3.8, 4) is 0 Å². The molecule has 0 bridgehead atoms. The third-order valence-electron chi connectivity index (χ3n) is 5.45. The Morgan fingerprint density at radius 1 is 1.00 bits per heavy atom. The Hall–Kier alpha value is -3.41. The van der Waals surface area contributed by atoms with Crippen molar-refractivity contribution in [2.75, 3.05) is 25.0 Å². The Morgan fingerprint density at radius 2 is 1.65 bits per heavy atom. The number of aryl methyl sites for hydroxylation is 2. The van der Waals surface area contributed by atoms with Gasteiger partial charge >= 0.3 is 5.97 Å². The van der Waals surface area contributed by atoms with Crippen molar-refractivity contribution in [3.05, 3.63) is 71.3 Å². The zero-order valence-electron chi connectivity index (χ0n) is 18.0. The number of carbonyl (C=O) groups is 3. The molecular weight excluding hydrogens is 392 g/mol. The zero-order valence-corrected chi connectivity index (χ0v) is 18.0. The van der Waals surface area contributed by atoms with Crippen LogP contribution in [0, 0.1) is 19.8 Å². The van der Waals surface area contributed by atoms with Gasteiger partial charge < -0.3 is 15.0 Å². The molecule has 1 heterocycles. The monoisotopic (exact) mass is 420 g/mol. The highest BCUT2D eigenvalue weighted by atomic mass is 16.5. The quantitative estimate of drug-likeness (QED) is 0.571. The first-order chi connectivity index (χ1) is 14.9. The number of amides is 2. The van der Waals surface area contributed by atoms with E-state index in [9.17, 15) is 14.4 Å². The Bertz CT molecular complexity index is 940. The van der Waals surface area contributed by atoms with Crippen molar-refractivity contribution in [2.45, 2.75) is 26.7 Å². The van der Waals surface area contributed by atoms with E-state index in [0.717, 1.165) is 22.4 Å². The third kappa shape index (κ3) is 6.28. The summed E-state index contributed by atoms with van der Waals surface area (Å²) in [6, 6.07) is 15.4. The first-order valence-corrected chi connectivity index (χ1v) is 10.5. The molecule has 6 heteroatoms. The van der Waals surface area contributed by atoms with E-state index in [2.05, 4.69) is 5.32 Å². The van der Waals surface area contributed by atoms with Crippen molar-refractivity contribution in [3.63, 3.8) is 0 Å². The van der Waals surface area contributed by atoms with Crippen LogP contribution < -0.4 is 5.32 Å². The van der Waals surface area contributed by atoms with Gasteiger partial charge in [0.2, 0.25) is 5.91 Å². The maximum Gasteiger partial charge on any atom is 0.309 e. The topological polar surface area (TPSA) is 75.7 Å². The Morgan fingerprint density at radius 3 is 2.29 bits per heavy atom. The van der Waals surface area contributed by atoms with Crippen molar-refractivity contribution >= 4 is 29.5 Å². The molecule has 2 aromatic carbocycles. The lowest BCUT2D eigenvalue weighted by atomic mass is 9.97. The lowest BCUT2D eigenvalue weighted by molar-refractivity contribution is -0.153. The molecule has 3 rings (SSSR count). The molecule has 6 nitrogen and oxygen atoms in total. The van der Waals surface area contributed by atoms with Gasteiger partial charge in [-0.3, -0.25) is 14.4 Å². The number of ether oxygens (including phenoxy) is 1. The van der Waals surface area contributed by atoms with Gasteiger partial charge in [0.25, 0.3) is 5.91 Å². The normalized spacial score (nSPS) is 14.5. The number of anilines is 1. The van der Waals surface area contributed by atoms with Gasteiger partial charge in [0, 0.05) is 24.9 Å². The number of para-hydroxylation sites is 1. The molecule has 1 aliphatic rings. The van der Waals surface area contributed by atoms with E-state index in [0.29, 0.717) is 25.9 Å². The first-order valence-electron chi connectivity index (χ1n) is 10.5. The predicted octanol–water partition coefficient (Wildman–Crippen LogP) is 3.74. The molecule has 2 amide bonds. The first kappa shape index (κ1) is 22.3. The average molecular weight is 421 g/mol. The van der Waals surface area contributed by atoms with Crippen LogP contribution in [0.5, 0.6) is 0 Å². The number of rotatable bonds is 6. The lowest BCUT2D eigenvalue weighted by Gasteiger charge is -2.30. The van der Waals surface area contributed by atoms with Crippen molar-refractivity contribution < 1.29 is 19.1 Å². The molecule has 1 aliphatic heterocycles. The third-order valence-corrected chi connectivity index (χ3v) is 5.45. The highest BCUT2D eigenvalue weighted by Gasteiger charge is 2.28. The van der Waals surface area contributed by atoms with Crippen LogP contribution in [-0.4, -0.2) is 42.4 Å². The van der Waals surface area contributed by atoms with Gasteiger partial charge in [-0.15, -0.1) is 0 Å². The minimum absolute atomic E-state index is 0.0661. The molecule has 1 N–H and O–H groups in total. The van der Waals surface area contributed by atoms with Crippen molar-refractivity contribution in [1.29, 1.82) is 0 Å². The molecule has 0 aromatic heterocycles. The van der Waals surface area contributed by atoms with Crippen LogP contribution in [-0.2, 0) is 19.1 Å². The molecule has 0 radical (unpaired) electrons. The molecule has 162 valence electrons. The molecule has 1 fully saturated rings. The van der Waals surface area contributed by atoms with Crippen LogP contribution in [0.2, 0.25) is 0 Å². The van der Waals surface area contributed by atoms with Crippen molar-refractivity contribution in [1.82, 2.24) is 4.90 Å². The van der Waals surface area contributed by atoms with Crippen LogP contribution in [0.1, 0.15) is 29.5 Å². The number of carbonyl (C=O) groups excluding carboxylic acids is 3. The second-order valence-electron chi connectivity index (χ2n) is 7.77. The maximum atomic E-state index is 12.4. The number of piperidine rings is 1. The molecule has 0 saturated carbocycles. The van der Waals surface area contributed by atoms with E-state index in [1.807, 2.05) is 62.4 Å². The summed E-state index contributed by atoms with van der Waals surface area (Å²) >= 11 is 0. The standard InChI is InChI=1S/C25H28N2O4/c1-18-7-6-8-19(2)24(18)26-22(28)17-31-25(30)21-13-15-27(16-14-21)23(29)12-11-20-9-4-3-5-10-20/h3-12,21H,13-17H2,1-2H3,(H,26,28)/b12-11+. The molecule has 0 aliphatic carbocycles. The van der Waals surface area contributed by atoms with E-state index in [1.54, 1.807) is 17.1 Å². The van der Waals surface area contributed by atoms with Crippen LogP contribution in [0.4, 0.5) is 5.69 Å². The maximum absolute atomic E-state index is 12.4. The summed E-state index contributed by atoms with van der Waals surface area (Å²) in [4.78, 5) is 38.6. The second-order valence-corrected chi connectivity index (χ2v) is 7.77. The van der Waals surface area contributed by atoms with Crippen LogP contribution in [0.3, 0.4) is 0 Å². The Labute approximate surface area is 182 Å². The number of likely N-dealkylation sites (tertiary alicyclic amines) is 1. The Kier molecular flexibility index (Phi) is 7.60. The summed E-state index contributed by atoms with van der Waals surface area (Å²) in [5.74, 6) is -1.10. The summed E-state index contributed by atoms with van der Waals surface area (Å²) in [7, 11) is 0. The van der Waals surface area contributed by atoms with Crippen LogP contribution >= 0.6 is 0 Å². The highest BCUT2D eigenvalue weighted by molar-refractivity contribution is 5.94. The van der Waals surface area contributed by atoms with E-state index in [4.69, 9.17) is 4.74 Å². The number of nitrogens with zero attached hydrogens (tertiary/aromatic N) is 1. The SMILES string of the molecule is Cc1cccc(C)c1NC(=O)COC(=O)C1CCN(C(=O)/C=C/c2ccccc2)CC1. The van der Waals surface area contributed by atoms with Gasteiger partial charge in [-0.25, -0.2) is 0 Å². The van der Waals surface area contributed by atoms with Gasteiger partial charge in [0.15, 0.2) is 6.61 Å². The summed E-state index contributed by atoms with van der Waals surface area (Å²) in [6.07, 6.45) is 4.41. The van der Waals surface area contributed by atoms with Gasteiger partial charge in [-0.1, -0.05) is 48.5 Å². The molecule has 0 unspecified atom stereocenters. The molecular formula is C25H28N2O4. The fourth-order valence-electron chi connectivity index (χ4n) is 3.61. The van der Waals surface area contributed by atoms with E-state index in [1.165, 1.54) is 0 Å². The van der Waals surface area contributed by atoms with Gasteiger partial charge in [-0.05, 0) is 49.5 Å². The largest absolute Gasteiger partial charge is 0.455 e. The second kappa shape index (κ2) is 10.6. The minimum atomic E-state index is -0.386. The summed E-state index contributed by atoms with van der Waals surface area (Å²) in [5.41, 5.74) is 3.63. The number of hydrogen-bond donors (Lipinski definition) is 1. The summed E-state index contributed by atoms with van der Waals surface area (Å²) in [6.45, 7) is 4.50. The van der Waals surface area contributed by atoms with E-state index in [-0.39, 0.29) is 30.3 Å². The number of benzene rings is 2. The molecule has 1 saturated heterocycles. The molecule has 0 atom stereocenters.